The molecule has 0 unspecified atom stereocenters. The van der Waals surface area contributed by atoms with E-state index in [1.807, 2.05) is 6.07 Å². The summed E-state index contributed by atoms with van der Waals surface area (Å²) in [6.45, 7) is 0. The zero-order chi connectivity index (χ0) is 19.4. The second kappa shape index (κ2) is 7.63. The fraction of sp³-hybridized carbons (Fsp3) is 0.0556. The van der Waals surface area contributed by atoms with Crippen LogP contribution in [0.1, 0.15) is 11.1 Å². The van der Waals surface area contributed by atoms with Gasteiger partial charge in [-0.2, -0.15) is 23.4 Å². The zero-order valence-electron chi connectivity index (χ0n) is 13.5. The molecule has 0 amide bonds. The highest BCUT2D eigenvalue weighted by atomic mass is 79.9. The standard InChI is InChI=1S/C18H11BrF3N5/c19-14-3-1-2-4-15(14)26-16-13(18(20,21)22)10-24-17(27-16)25-12-7-5-11(9-23)6-8-12/h1-8,10H,(H2,24,25,26,27). The first-order valence-corrected chi connectivity index (χ1v) is 8.39. The smallest absolute Gasteiger partial charge is 0.339 e. The summed E-state index contributed by atoms with van der Waals surface area (Å²) >= 11 is 3.29. The van der Waals surface area contributed by atoms with Crippen molar-refractivity contribution >= 4 is 39.1 Å². The third kappa shape index (κ3) is 4.54. The van der Waals surface area contributed by atoms with E-state index in [1.54, 1.807) is 48.5 Å². The fourth-order valence-electron chi connectivity index (χ4n) is 2.19. The van der Waals surface area contributed by atoms with Crippen LogP contribution < -0.4 is 10.6 Å². The SMILES string of the molecule is N#Cc1ccc(Nc2ncc(C(F)(F)F)c(Nc3ccccc3Br)n2)cc1. The van der Waals surface area contributed by atoms with Crippen LogP contribution in [0.3, 0.4) is 0 Å². The number of nitriles is 1. The summed E-state index contributed by atoms with van der Waals surface area (Å²) in [6.07, 6.45) is -3.89. The van der Waals surface area contributed by atoms with Gasteiger partial charge in [-0.25, -0.2) is 4.98 Å². The van der Waals surface area contributed by atoms with Crippen LogP contribution >= 0.6 is 15.9 Å². The number of anilines is 4. The van der Waals surface area contributed by atoms with E-state index >= 15 is 0 Å². The van der Waals surface area contributed by atoms with Crippen LogP contribution in [0.25, 0.3) is 0 Å². The summed E-state index contributed by atoms with van der Waals surface area (Å²) in [5, 5.41) is 14.3. The van der Waals surface area contributed by atoms with Crippen molar-refractivity contribution < 1.29 is 13.2 Å². The third-order valence-electron chi connectivity index (χ3n) is 3.49. The molecule has 0 saturated heterocycles. The molecule has 2 N–H and O–H groups in total. The lowest BCUT2D eigenvalue weighted by Crippen LogP contribution is -2.12. The van der Waals surface area contributed by atoms with E-state index in [9.17, 15) is 13.2 Å². The number of aromatic nitrogens is 2. The Kier molecular flexibility index (Phi) is 5.28. The molecular formula is C18H11BrF3N5. The minimum atomic E-state index is -4.61. The van der Waals surface area contributed by atoms with Gasteiger partial charge in [0, 0.05) is 16.4 Å². The van der Waals surface area contributed by atoms with Crippen LogP contribution in [0.4, 0.5) is 36.3 Å². The Bertz CT molecular complexity index is 997. The first-order chi connectivity index (χ1) is 12.9. The minimum absolute atomic E-state index is 0.0118. The molecule has 0 spiro atoms. The van der Waals surface area contributed by atoms with Gasteiger partial charge in [-0.3, -0.25) is 0 Å². The molecule has 0 atom stereocenters. The van der Waals surface area contributed by atoms with Crippen molar-refractivity contribution in [2.45, 2.75) is 6.18 Å². The molecule has 0 aliphatic heterocycles. The predicted molar refractivity (Wildman–Crippen MR) is 98.9 cm³/mol. The molecule has 3 aromatic rings. The molecule has 0 saturated carbocycles. The summed E-state index contributed by atoms with van der Waals surface area (Å²) in [4.78, 5) is 7.72. The summed E-state index contributed by atoms with van der Waals surface area (Å²) in [5.74, 6) is -0.386. The molecule has 136 valence electrons. The first-order valence-electron chi connectivity index (χ1n) is 7.60. The van der Waals surface area contributed by atoms with Crippen molar-refractivity contribution in [3.05, 3.63) is 70.3 Å². The van der Waals surface area contributed by atoms with Gasteiger partial charge in [0.05, 0.1) is 17.3 Å². The lowest BCUT2D eigenvalue weighted by molar-refractivity contribution is -0.137. The maximum Gasteiger partial charge on any atom is 0.421 e. The van der Waals surface area contributed by atoms with E-state index in [0.717, 1.165) is 6.20 Å². The van der Waals surface area contributed by atoms with Crippen molar-refractivity contribution in [2.24, 2.45) is 0 Å². The quantitative estimate of drug-likeness (QED) is 0.558. The molecule has 1 aromatic heterocycles. The van der Waals surface area contributed by atoms with Gasteiger partial charge in [0.2, 0.25) is 5.95 Å². The Morgan fingerprint density at radius 2 is 1.70 bits per heavy atom. The summed E-state index contributed by atoms with van der Waals surface area (Å²) in [7, 11) is 0. The lowest BCUT2D eigenvalue weighted by Gasteiger charge is -2.15. The molecule has 0 fully saturated rings. The fourth-order valence-corrected chi connectivity index (χ4v) is 2.58. The zero-order valence-corrected chi connectivity index (χ0v) is 15.1. The van der Waals surface area contributed by atoms with Gasteiger partial charge < -0.3 is 10.6 Å². The molecule has 3 rings (SSSR count). The molecule has 0 aliphatic rings. The molecule has 2 aromatic carbocycles. The van der Waals surface area contributed by atoms with Gasteiger partial charge in [-0.1, -0.05) is 12.1 Å². The van der Waals surface area contributed by atoms with E-state index in [1.165, 1.54) is 0 Å². The van der Waals surface area contributed by atoms with E-state index in [2.05, 4.69) is 36.5 Å². The van der Waals surface area contributed by atoms with Gasteiger partial charge in [0.25, 0.3) is 0 Å². The molecule has 0 aliphatic carbocycles. The van der Waals surface area contributed by atoms with Gasteiger partial charge in [0.1, 0.15) is 11.4 Å². The minimum Gasteiger partial charge on any atom is -0.339 e. The van der Waals surface area contributed by atoms with Gasteiger partial charge in [-0.05, 0) is 52.3 Å². The number of nitrogens with one attached hydrogen (secondary N) is 2. The number of hydrogen-bond donors (Lipinski definition) is 2. The van der Waals surface area contributed by atoms with E-state index in [0.29, 0.717) is 21.4 Å². The average molecular weight is 434 g/mol. The van der Waals surface area contributed by atoms with Crippen LogP contribution in [-0.2, 0) is 6.18 Å². The normalized spacial score (nSPS) is 10.9. The molecule has 1 heterocycles. The number of rotatable bonds is 4. The molecule has 9 heteroatoms. The molecular weight excluding hydrogens is 423 g/mol. The largest absolute Gasteiger partial charge is 0.421 e. The Labute approximate surface area is 161 Å². The Morgan fingerprint density at radius 1 is 1.00 bits per heavy atom. The second-order valence-corrected chi connectivity index (χ2v) is 6.23. The van der Waals surface area contributed by atoms with Crippen LogP contribution in [0.5, 0.6) is 0 Å². The van der Waals surface area contributed by atoms with Crippen molar-refractivity contribution in [2.75, 3.05) is 10.6 Å². The van der Waals surface area contributed by atoms with E-state index < -0.39 is 11.7 Å². The summed E-state index contributed by atoms with van der Waals surface area (Å²) in [6, 6.07) is 15.1. The van der Waals surface area contributed by atoms with E-state index in [4.69, 9.17) is 5.26 Å². The van der Waals surface area contributed by atoms with Crippen molar-refractivity contribution in [3.8, 4) is 6.07 Å². The highest BCUT2D eigenvalue weighted by molar-refractivity contribution is 9.10. The number of nitrogens with zero attached hydrogens (tertiary/aromatic N) is 3. The second-order valence-electron chi connectivity index (χ2n) is 5.37. The van der Waals surface area contributed by atoms with Crippen LogP contribution in [-0.4, -0.2) is 9.97 Å². The third-order valence-corrected chi connectivity index (χ3v) is 4.18. The van der Waals surface area contributed by atoms with Gasteiger partial charge >= 0.3 is 6.18 Å². The average Bonchev–Trinajstić information content (AvgIpc) is 2.63. The predicted octanol–water partition coefficient (Wildman–Crippen LogP) is 5.62. The molecule has 0 bridgehead atoms. The van der Waals surface area contributed by atoms with Crippen molar-refractivity contribution in [1.29, 1.82) is 5.26 Å². The number of halogens is 4. The molecule has 5 nitrogen and oxygen atoms in total. The van der Waals surface area contributed by atoms with Crippen molar-refractivity contribution in [3.63, 3.8) is 0 Å². The van der Waals surface area contributed by atoms with Crippen LogP contribution in [0, 0.1) is 11.3 Å². The number of para-hydroxylation sites is 1. The summed E-state index contributed by atoms with van der Waals surface area (Å²) < 4.78 is 40.5. The summed E-state index contributed by atoms with van der Waals surface area (Å²) in [5.41, 5.74) is 0.459. The molecule has 27 heavy (non-hydrogen) atoms. The monoisotopic (exact) mass is 433 g/mol. The Balaban J connectivity index is 1.95. The van der Waals surface area contributed by atoms with E-state index in [-0.39, 0.29) is 11.8 Å². The maximum atomic E-state index is 13.3. The maximum absolute atomic E-state index is 13.3. The van der Waals surface area contributed by atoms with Crippen LogP contribution in [0.15, 0.2) is 59.2 Å². The Hall–Kier alpha value is -3.12. The van der Waals surface area contributed by atoms with Crippen LogP contribution in [0.2, 0.25) is 0 Å². The lowest BCUT2D eigenvalue weighted by atomic mass is 10.2. The van der Waals surface area contributed by atoms with Gasteiger partial charge in [-0.15, -0.1) is 0 Å². The number of hydrogen-bond acceptors (Lipinski definition) is 5. The highest BCUT2D eigenvalue weighted by Crippen LogP contribution is 2.36. The van der Waals surface area contributed by atoms with Crippen molar-refractivity contribution in [1.82, 2.24) is 9.97 Å². The Morgan fingerprint density at radius 3 is 2.33 bits per heavy atom. The first kappa shape index (κ1) is 18.7. The van der Waals surface area contributed by atoms with Gasteiger partial charge in [0.15, 0.2) is 0 Å². The number of benzene rings is 2. The highest BCUT2D eigenvalue weighted by Gasteiger charge is 2.35. The number of alkyl halides is 3. The topological polar surface area (TPSA) is 73.6 Å². The molecule has 0 radical (unpaired) electrons.